The van der Waals surface area contributed by atoms with Gasteiger partial charge in [-0.2, -0.15) is 0 Å². The second-order valence-electron chi connectivity index (χ2n) is 4.23. The molecule has 1 fully saturated rings. The fraction of sp³-hybridized carbons (Fsp3) is 0.417. The summed E-state index contributed by atoms with van der Waals surface area (Å²) in [5, 5.41) is 0. The highest BCUT2D eigenvalue weighted by atomic mass is 16.3. The minimum Gasteiger partial charge on any atom is -0.461 e. The van der Waals surface area contributed by atoms with E-state index in [4.69, 9.17) is 4.42 Å². The van der Waals surface area contributed by atoms with Crippen LogP contribution in [0.3, 0.4) is 0 Å². The second kappa shape index (κ2) is 2.84. The highest BCUT2D eigenvalue weighted by Gasteiger charge is 2.40. The predicted octanol–water partition coefficient (Wildman–Crippen LogP) is 2.67. The Morgan fingerprint density at radius 2 is 2.29 bits per heavy atom. The lowest BCUT2D eigenvalue weighted by Gasteiger charge is -2.14. The molecule has 0 spiro atoms. The van der Waals surface area contributed by atoms with E-state index in [0.29, 0.717) is 17.6 Å². The Balaban J connectivity index is 1.84. The van der Waals surface area contributed by atoms with Crippen molar-refractivity contribution in [3.63, 3.8) is 0 Å². The fourth-order valence-corrected chi connectivity index (χ4v) is 2.68. The zero-order chi connectivity index (χ0) is 9.54. The number of rotatable bonds is 2. The van der Waals surface area contributed by atoms with Gasteiger partial charge >= 0.3 is 0 Å². The van der Waals surface area contributed by atoms with Crippen LogP contribution in [0.5, 0.6) is 0 Å². The van der Waals surface area contributed by atoms with E-state index < -0.39 is 0 Å². The van der Waals surface area contributed by atoms with Gasteiger partial charge in [0.05, 0.1) is 6.26 Å². The lowest BCUT2D eigenvalue weighted by molar-refractivity contribution is 0.0872. The van der Waals surface area contributed by atoms with Gasteiger partial charge in [-0.3, -0.25) is 4.79 Å². The number of Topliss-reactive ketones (excluding diaryl/α,β-unsaturated/α-hetero) is 1. The first-order chi connectivity index (χ1) is 6.84. The normalized spacial score (nSPS) is 33.9. The van der Waals surface area contributed by atoms with Crippen LogP contribution >= 0.6 is 0 Å². The molecule has 0 amide bonds. The molecule has 0 aromatic carbocycles. The Kier molecular flexibility index (Phi) is 1.63. The van der Waals surface area contributed by atoms with Gasteiger partial charge in [0, 0.05) is 5.92 Å². The number of carbonyl (C=O) groups excluding carboxylic acids is 1. The van der Waals surface area contributed by atoms with Crippen molar-refractivity contribution in [1.29, 1.82) is 0 Å². The number of hydrogen-bond acceptors (Lipinski definition) is 2. The van der Waals surface area contributed by atoms with Crippen LogP contribution in [0.4, 0.5) is 0 Å². The van der Waals surface area contributed by atoms with Gasteiger partial charge in [0.15, 0.2) is 5.76 Å². The molecule has 1 heterocycles. The summed E-state index contributed by atoms with van der Waals surface area (Å²) < 4.78 is 5.14. The molecule has 2 heteroatoms. The van der Waals surface area contributed by atoms with Crippen molar-refractivity contribution in [2.75, 3.05) is 0 Å². The SMILES string of the molecule is O=C(c1ccco1)[C@@H]1C[C@@H]2C=C[C@H]1C2. The highest BCUT2D eigenvalue weighted by molar-refractivity contribution is 5.96. The van der Waals surface area contributed by atoms with Gasteiger partial charge < -0.3 is 4.42 Å². The molecule has 0 unspecified atom stereocenters. The van der Waals surface area contributed by atoms with E-state index in [0.717, 1.165) is 12.8 Å². The summed E-state index contributed by atoms with van der Waals surface area (Å²) in [5.41, 5.74) is 0. The molecule has 1 aromatic rings. The minimum atomic E-state index is 0.177. The van der Waals surface area contributed by atoms with Crippen LogP contribution in [0.25, 0.3) is 0 Å². The van der Waals surface area contributed by atoms with E-state index in [9.17, 15) is 4.79 Å². The molecule has 2 nitrogen and oxygen atoms in total. The third kappa shape index (κ3) is 1.07. The predicted molar refractivity (Wildman–Crippen MR) is 51.9 cm³/mol. The average Bonchev–Trinajstić information content (AvgIpc) is 2.93. The Morgan fingerprint density at radius 1 is 1.36 bits per heavy atom. The maximum atomic E-state index is 12.0. The first kappa shape index (κ1) is 8.04. The first-order valence-electron chi connectivity index (χ1n) is 5.10. The summed E-state index contributed by atoms with van der Waals surface area (Å²) in [6, 6.07) is 3.54. The zero-order valence-electron chi connectivity index (χ0n) is 7.85. The molecule has 2 aliphatic carbocycles. The van der Waals surface area contributed by atoms with E-state index >= 15 is 0 Å². The standard InChI is InChI=1S/C12H12O2/c13-12(11-2-1-5-14-11)10-7-8-3-4-9(10)6-8/h1-5,8-10H,6-7H2/t8-,9+,10-/m1/s1. The van der Waals surface area contributed by atoms with Crippen molar-refractivity contribution < 1.29 is 9.21 Å². The van der Waals surface area contributed by atoms with Crippen LogP contribution in [0, 0.1) is 17.8 Å². The third-order valence-corrected chi connectivity index (χ3v) is 3.38. The molecular formula is C12H12O2. The van der Waals surface area contributed by atoms with Gasteiger partial charge in [-0.05, 0) is 36.8 Å². The minimum absolute atomic E-state index is 0.177. The number of carbonyl (C=O) groups is 1. The van der Waals surface area contributed by atoms with E-state index in [1.165, 1.54) is 0 Å². The quantitative estimate of drug-likeness (QED) is 0.527. The molecule has 14 heavy (non-hydrogen) atoms. The largest absolute Gasteiger partial charge is 0.461 e. The van der Waals surface area contributed by atoms with Crippen LogP contribution in [0.1, 0.15) is 23.4 Å². The molecule has 72 valence electrons. The molecule has 0 saturated heterocycles. The first-order valence-corrected chi connectivity index (χ1v) is 5.10. The smallest absolute Gasteiger partial charge is 0.201 e. The van der Waals surface area contributed by atoms with Crippen molar-refractivity contribution in [2.24, 2.45) is 17.8 Å². The third-order valence-electron chi connectivity index (χ3n) is 3.38. The molecule has 1 aromatic heterocycles. The topological polar surface area (TPSA) is 30.2 Å². The molecule has 0 radical (unpaired) electrons. The summed E-state index contributed by atoms with van der Waals surface area (Å²) in [6.07, 6.45) is 8.18. The van der Waals surface area contributed by atoms with Crippen molar-refractivity contribution in [3.8, 4) is 0 Å². The Morgan fingerprint density at radius 3 is 2.86 bits per heavy atom. The lowest BCUT2D eigenvalue weighted by atomic mass is 9.89. The van der Waals surface area contributed by atoms with E-state index in [-0.39, 0.29) is 11.7 Å². The van der Waals surface area contributed by atoms with Crippen molar-refractivity contribution in [3.05, 3.63) is 36.3 Å². The maximum absolute atomic E-state index is 12.0. The Labute approximate surface area is 82.6 Å². The molecule has 1 saturated carbocycles. The number of hydrogen-bond donors (Lipinski definition) is 0. The maximum Gasteiger partial charge on any atom is 0.201 e. The van der Waals surface area contributed by atoms with Crippen LogP contribution < -0.4 is 0 Å². The van der Waals surface area contributed by atoms with E-state index in [1.807, 2.05) is 0 Å². The van der Waals surface area contributed by atoms with Crippen LogP contribution in [0.15, 0.2) is 35.0 Å². The summed E-state index contributed by atoms with van der Waals surface area (Å²) in [5.74, 6) is 2.00. The van der Waals surface area contributed by atoms with Gasteiger partial charge in [-0.15, -0.1) is 0 Å². The number of fused-ring (bicyclic) bond motifs is 2. The van der Waals surface area contributed by atoms with Crippen molar-refractivity contribution in [1.82, 2.24) is 0 Å². The summed E-state index contributed by atoms with van der Waals surface area (Å²) in [6.45, 7) is 0. The fourth-order valence-electron chi connectivity index (χ4n) is 2.68. The van der Waals surface area contributed by atoms with Crippen LogP contribution in [-0.4, -0.2) is 5.78 Å². The number of allylic oxidation sites excluding steroid dienone is 2. The molecule has 0 aliphatic heterocycles. The second-order valence-corrected chi connectivity index (χ2v) is 4.23. The Hall–Kier alpha value is -1.31. The number of ketones is 1. The van der Waals surface area contributed by atoms with Gasteiger partial charge in [-0.1, -0.05) is 12.2 Å². The zero-order valence-corrected chi connectivity index (χ0v) is 7.85. The molecule has 3 atom stereocenters. The number of furan rings is 1. The molecular weight excluding hydrogens is 176 g/mol. The van der Waals surface area contributed by atoms with E-state index in [2.05, 4.69) is 12.2 Å². The Bertz CT molecular complexity index is 375. The van der Waals surface area contributed by atoms with Crippen LogP contribution in [0.2, 0.25) is 0 Å². The monoisotopic (exact) mass is 188 g/mol. The lowest BCUT2D eigenvalue weighted by Crippen LogP contribution is -2.18. The van der Waals surface area contributed by atoms with Gasteiger partial charge in [0.1, 0.15) is 0 Å². The van der Waals surface area contributed by atoms with Crippen LogP contribution in [-0.2, 0) is 0 Å². The van der Waals surface area contributed by atoms with E-state index in [1.54, 1.807) is 18.4 Å². The van der Waals surface area contributed by atoms with Gasteiger partial charge in [-0.25, -0.2) is 0 Å². The summed E-state index contributed by atoms with van der Waals surface area (Å²) in [7, 11) is 0. The highest BCUT2D eigenvalue weighted by Crippen LogP contribution is 2.44. The van der Waals surface area contributed by atoms with Crippen molar-refractivity contribution in [2.45, 2.75) is 12.8 Å². The summed E-state index contributed by atoms with van der Waals surface area (Å²) in [4.78, 5) is 12.0. The summed E-state index contributed by atoms with van der Waals surface area (Å²) >= 11 is 0. The van der Waals surface area contributed by atoms with Crippen molar-refractivity contribution >= 4 is 5.78 Å². The van der Waals surface area contributed by atoms with Gasteiger partial charge in [0.25, 0.3) is 0 Å². The molecule has 2 bridgehead atoms. The molecule has 2 aliphatic rings. The van der Waals surface area contributed by atoms with Gasteiger partial charge in [0.2, 0.25) is 5.78 Å². The molecule has 3 rings (SSSR count). The molecule has 0 N–H and O–H groups in total. The average molecular weight is 188 g/mol.